The smallest absolute Gasteiger partial charge is 0.261 e. The van der Waals surface area contributed by atoms with Gasteiger partial charge in [-0.05, 0) is 113 Å². The lowest BCUT2D eigenvalue weighted by Crippen LogP contribution is -2.62. The van der Waals surface area contributed by atoms with Crippen LogP contribution in [-0.2, 0) is 38.4 Å². The first-order valence-electron chi connectivity index (χ1n) is 29.8. The summed E-state index contributed by atoms with van der Waals surface area (Å²) in [7, 11) is 3.36. The summed E-state index contributed by atoms with van der Waals surface area (Å²) >= 11 is 0. The summed E-state index contributed by atoms with van der Waals surface area (Å²) in [4.78, 5) is 120. The zero-order valence-corrected chi connectivity index (χ0v) is 47.9. The van der Waals surface area contributed by atoms with Gasteiger partial charge < -0.3 is 41.7 Å². The van der Waals surface area contributed by atoms with Crippen LogP contribution < -0.4 is 42.8 Å². The quantitative estimate of drug-likeness (QED) is 0.0485. The molecule has 2 aliphatic heterocycles. The van der Waals surface area contributed by atoms with E-state index in [2.05, 4.69) is 42.8 Å². The predicted molar refractivity (Wildman–Crippen MR) is 313 cm³/mol. The summed E-state index contributed by atoms with van der Waals surface area (Å²) in [5.41, 5.74) is 8.11. The average Bonchev–Trinajstić information content (AvgIpc) is 4.38. The van der Waals surface area contributed by atoms with Crippen molar-refractivity contribution in [3.05, 3.63) is 144 Å². The van der Waals surface area contributed by atoms with Gasteiger partial charge in [0.25, 0.3) is 11.8 Å². The average molecular weight is 1120 g/mol. The van der Waals surface area contributed by atoms with Crippen LogP contribution in [0.5, 0.6) is 0 Å². The molecule has 4 aliphatic rings. The molecule has 2 heterocycles. The highest BCUT2D eigenvalue weighted by Crippen LogP contribution is 2.34. The normalized spacial score (nSPS) is 19.9. The lowest BCUT2D eigenvalue weighted by Gasteiger charge is -2.36. The van der Waals surface area contributed by atoms with E-state index in [9.17, 15) is 19.2 Å². The van der Waals surface area contributed by atoms with Gasteiger partial charge in [-0.1, -0.05) is 160 Å². The maximum Gasteiger partial charge on any atom is 0.261 e. The highest BCUT2D eigenvalue weighted by atomic mass is 16.2. The maximum absolute atomic E-state index is 15.3. The molecule has 0 bridgehead atoms. The zero-order chi connectivity index (χ0) is 58.1. The second-order valence-corrected chi connectivity index (χ2v) is 22.7. The Hall–Kier alpha value is -7.44. The van der Waals surface area contributed by atoms with E-state index in [0.717, 1.165) is 64.2 Å². The van der Waals surface area contributed by atoms with Gasteiger partial charge in [0.15, 0.2) is 0 Å². The monoisotopic (exact) mass is 1120 g/mol. The van der Waals surface area contributed by atoms with Crippen molar-refractivity contribution in [1.82, 2.24) is 52.6 Å². The topological polar surface area (TPSA) is 239 Å². The van der Waals surface area contributed by atoms with E-state index in [-0.39, 0.29) is 48.6 Å². The minimum atomic E-state index is -1.38. The van der Waals surface area contributed by atoms with Crippen molar-refractivity contribution in [2.24, 2.45) is 11.8 Å². The highest BCUT2D eigenvalue weighted by molar-refractivity contribution is 5.98. The van der Waals surface area contributed by atoms with E-state index in [0.29, 0.717) is 47.9 Å². The fourth-order valence-corrected chi connectivity index (χ4v) is 12.7. The number of hydrogen-bond donors (Lipinski definition) is 8. The Balaban J connectivity index is 1.10. The van der Waals surface area contributed by atoms with Gasteiger partial charge in [-0.2, -0.15) is 0 Å². The Morgan fingerprint density at radius 1 is 0.390 bits per heavy atom. The van der Waals surface area contributed by atoms with Gasteiger partial charge in [0.2, 0.25) is 35.4 Å². The van der Waals surface area contributed by atoms with Crippen molar-refractivity contribution in [3.8, 4) is 0 Å². The third kappa shape index (κ3) is 15.0. The first kappa shape index (κ1) is 60.7. The number of hydrazine groups is 1. The van der Waals surface area contributed by atoms with Gasteiger partial charge in [-0.25, -0.2) is 0 Å². The molecule has 2 saturated heterocycles. The number of carbonyl (C=O) groups is 8. The maximum atomic E-state index is 15.3. The number of likely N-dealkylation sites (tertiary alicyclic amines) is 2. The van der Waals surface area contributed by atoms with Crippen molar-refractivity contribution in [2.75, 3.05) is 27.2 Å². The molecule has 0 unspecified atom stereocenters. The molecular formula is C64H84N10O8. The van der Waals surface area contributed by atoms with Gasteiger partial charge in [-0.15, -0.1) is 0 Å². The van der Waals surface area contributed by atoms with Crippen LogP contribution in [0.1, 0.15) is 138 Å². The van der Waals surface area contributed by atoms with E-state index in [1.807, 2.05) is 121 Å². The summed E-state index contributed by atoms with van der Waals surface area (Å²) in [6.45, 7) is 4.02. The molecule has 0 radical (unpaired) electrons. The lowest BCUT2D eigenvalue weighted by molar-refractivity contribution is -0.144. The number of carbonyl (C=O) groups excluding carboxylic acids is 8. The Morgan fingerprint density at radius 2 is 0.695 bits per heavy atom. The Morgan fingerprint density at radius 3 is 0.988 bits per heavy atom. The van der Waals surface area contributed by atoms with Gasteiger partial charge >= 0.3 is 0 Å². The van der Waals surface area contributed by atoms with Crippen LogP contribution >= 0.6 is 0 Å². The summed E-state index contributed by atoms with van der Waals surface area (Å²) in [6.07, 6.45) is 10.5. The van der Waals surface area contributed by atoms with Crippen LogP contribution in [0.15, 0.2) is 121 Å². The van der Waals surface area contributed by atoms with Gasteiger partial charge in [0.1, 0.15) is 36.3 Å². The molecule has 8 amide bonds. The molecule has 8 rings (SSSR count). The largest absolute Gasteiger partial charge is 0.343 e. The molecule has 18 heteroatoms. The summed E-state index contributed by atoms with van der Waals surface area (Å²) < 4.78 is 0. The van der Waals surface area contributed by atoms with E-state index >= 15 is 19.2 Å². The SMILES string of the molecule is CN[C@@H](C)C(=O)N[C@H](C(=O)N1CCC[C@H]1C(=O)N[C@H](C(=O)NNC(=O)[C@@H](NC(=O)[C@@H]1CCCN1C(=O)[C@@H](NC(=O)[C@@H](C)NC)C1CCCCC1)C(c1ccccc1)c1ccccc1)C(c1ccccc1)c1ccccc1)C1CCCCC1. The van der Waals surface area contributed by atoms with Gasteiger partial charge in [-0.3, -0.25) is 49.2 Å². The minimum Gasteiger partial charge on any atom is -0.343 e. The highest BCUT2D eigenvalue weighted by Gasteiger charge is 2.46. The summed E-state index contributed by atoms with van der Waals surface area (Å²) in [5.74, 6) is -5.81. The number of nitrogens with one attached hydrogen (secondary N) is 8. The Bertz CT molecular complexity index is 2510. The van der Waals surface area contributed by atoms with Crippen LogP contribution in [-0.4, -0.2) is 133 Å². The van der Waals surface area contributed by atoms with E-state index in [1.54, 1.807) is 37.7 Å². The van der Waals surface area contributed by atoms with E-state index in [1.165, 1.54) is 0 Å². The molecule has 8 N–H and O–H groups in total. The fourth-order valence-electron chi connectivity index (χ4n) is 12.7. The van der Waals surface area contributed by atoms with Crippen LogP contribution in [0.2, 0.25) is 0 Å². The number of rotatable bonds is 22. The van der Waals surface area contributed by atoms with Crippen molar-refractivity contribution in [1.29, 1.82) is 0 Å². The second-order valence-electron chi connectivity index (χ2n) is 22.7. The van der Waals surface area contributed by atoms with Crippen molar-refractivity contribution >= 4 is 47.3 Å². The molecule has 2 aliphatic carbocycles. The zero-order valence-electron chi connectivity index (χ0n) is 47.9. The minimum absolute atomic E-state index is 0.108. The Labute approximate surface area is 482 Å². The van der Waals surface area contributed by atoms with Gasteiger partial charge in [0.05, 0.1) is 12.1 Å². The van der Waals surface area contributed by atoms with Gasteiger partial charge in [0, 0.05) is 24.9 Å². The van der Waals surface area contributed by atoms with Crippen LogP contribution in [0, 0.1) is 11.8 Å². The van der Waals surface area contributed by atoms with Crippen LogP contribution in [0.4, 0.5) is 0 Å². The number of benzene rings is 4. The number of nitrogens with zero attached hydrogens (tertiary/aromatic N) is 2. The standard InChI is InChI=1S/C64H84N10O8/c1-41(65-3)57(75)67-53(47-33-19-9-20-34-47)63(81)73-39-23-37-49(73)59(77)69-55(51(43-25-11-5-12-26-43)44-27-13-6-14-28-44)61(79)71-72-62(80)56(52(45-29-15-7-16-30-45)46-31-17-8-18-32-46)70-60(78)50-38-24-40-74(50)64(82)54(48-35-21-10-22-36-48)68-58(76)42(2)66-4/h5-8,11-18,25-32,41-42,47-56,65-66H,9-10,19-24,33-40H2,1-4H3,(H,67,75)(H,68,76)(H,69,77)(H,70,78)(H,71,79)(H,72,80)/t41-,42+,49-,50-,53-,54-,55-,56-/m0/s1. The fraction of sp³-hybridized carbons (Fsp3) is 0.500. The second kappa shape index (κ2) is 29.5. The molecule has 4 aromatic rings. The number of amides is 8. The van der Waals surface area contributed by atoms with E-state index in [4.69, 9.17) is 0 Å². The summed E-state index contributed by atoms with van der Waals surface area (Å²) in [6, 6.07) is 29.5. The van der Waals surface area contributed by atoms with Crippen molar-refractivity contribution in [2.45, 2.75) is 164 Å². The molecular weight excluding hydrogens is 1040 g/mol. The molecule has 18 nitrogen and oxygen atoms in total. The van der Waals surface area contributed by atoms with Crippen LogP contribution in [0.3, 0.4) is 0 Å². The third-order valence-corrected chi connectivity index (χ3v) is 17.5. The van der Waals surface area contributed by atoms with Crippen molar-refractivity contribution < 1.29 is 38.4 Å². The Kier molecular flexibility index (Phi) is 21.8. The molecule has 8 atom stereocenters. The van der Waals surface area contributed by atoms with Crippen molar-refractivity contribution in [3.63, 3.8) is 0 Å². The molecule has 82 heavy (non-hydrogen) atoms. The first-order chi connectivity index (χ1) is 39.8. The third-order valence-electron chi connectivity index (χ3n) is 17.5. The first-order valence-corrected chi connectivity index (χ1v) is 29.8. The summed E-state index contributed by atoms with van der Waals surface area (Å²) in [5, 5.41) is 18.1. The van der Waals surface area contributed by atoms with Crippen LogP contribution in [0.25, 0.3) is 0 Å². The molecule has 0 spiro atoms. The van der Waals surface area contributed by atoms with E-state index < -0.39 is 83.8 Å². The molecule has 0 aromatic heterocycles. The molecule has 4 aromatic carbocycles. The molecule has 438 valence electrons. The molecule has 2 saturated carbocycles. The number of likely N-dealkylation sites (N-methyl/N-ethyl adjacent to an activating group) is 2. The predicted octanol–water partition coefficient (Wildman–Crippen LogP) is 5.10. The lowest BCUT2D eigenvalue weighted by atomic mass is 9.83. The number of hydrogen-bond acceptors (Lipinski definition) is 10. The molecule has 4 fully saturated rings.